The summed E-state index contributed by atoms with van der Waals surface area (Å²) >= 11 is 0. The van der Waals surface area contributed by atoms with Crippen molar-refractivity contribution in [1.29, 1.82) is 0 Å². The van der Waals surface area contributed by atoms with Gasteiger partial charge in [0.2, 0.25) is 10.0 Å². The molecule has 0 aliphatic heterocycles. The molecular weight excluding hydrogens is 418 g/mol. The molecule has 158 valence electrons. The van der Waals surface area contributed by atoms with Gasteiger partial charge in [-0.2, -0.15) is 17.5 Å². The number of sulfonamides is 1. The first-order valence-electron chi connectivity index (χ1n) is 8.24. The number of alkyl halides is 3. The molecule has 2 N–H and O–H groups in total. The molecule has 0 heterocycles. The smallest absolute Gasteiger partial charge is 0.323 e. The molecule has 0 saturated heterocycles. The quantitative estimate of drug-likeness (QED) is 0.407. The van der Waals surface area contributed by atoms with Crippen molar-refractivity contribution in [2.45, 2.75) is 24.0 Å². The van der Waals surface area contributed by atoms with E-state index >= 15 is 0 Å². The van der Waals surface area contributed by atoms with Gasteiger partial charge in [-0.05, 0) is 29.8 Å². The van der Waals surface area contributed by atoms with E-state index in [-0.39, 0.29) is 29.2 Å². The largest absolute Gasteiger partial charge is 0.419 e. The maximum Gasteiger partial charge on any atom is 0.419 e. The van der Waals surface area contributed by atoms with Crippen LogP contribution in [0.4, 0.5) is 23.2 Å². The molecule has 0 aliphatic rings. The highest BCUT2D eigenvalue weighted by Crippen LogP contribution is 2.32. The van der Waals surface area contributed by atoms with Crippen molar-refractivity contribution in [2.24, 2.45) is 5.73 Å². The SMILES string of the molecule is CCN(CC(N)c1ccc(C(F)(F)F)c(F)c1)S(=O)(=O)c1ccc([N+](=O)[O-])cc1. The number of nitro groups is 1. The predicted octanol–water partition coefficient (Wildman–Crippen LogP) is 3.46. The average Bonchev–Trinajstić information content (AvgIpc) is 2.64. The molecule has 1 unspecified atom stereocenters. The Bertz CT molecular complexity index is 995. The number of hydrogen-bond acceptors (Lipinski definition) is 5. The Morgan fingerprint density at radius 1 is 1.17 bits per heavy atom. The number of rotatable bonds is 7. The fourth-order valence-corrected chi connectivity index (χ4v) is 4.08. The molecule has 0 radical (unpaired) electrons. The topological polar surface area (TPSA) is 107 Å². The molecule has 29 heavy (non-hydrogen) atoms. The van der Waals surface area contributed by atoms with Crippen molar-refractivity contribution in [1.82, 2.24) is 4.31 Å². The van der Waals surface area contributed by atoms with Crippen LogP contribution in [0.1, 0.15) is 24.1 Å². The van der Waals surface area contributed by atoms with Gasteiger partial charge >= 0.3 is 6.18 Å². The van der Waals surface area contributed by atoms with Gasteiger partial charge in [-0.25, -0.2) is 12.8 Å². The fourth-order valence-electron chi connectivity index (χ4n) is 2.60. The standard InChI is InChI=1S/C17H17F4N3O4S/c1-2-23(29(27,28)13-6-4-12(5-7-13)24(25)26)10-16(22)11-3-8-14(15(18)9-11)17(19,20)21/h3-9,16H,2,10,22H2,1H3. The molecule has 1 atom stereocenters. The number of nitro benzene ring substituents is 1. The van der Waals surface area contributed by atoms with E-state index in [1.165, 1.54) is 6.92 Å². The minimum Gasteiger partial charge on any atom is -0.323 e. The lowest BCUT2D eigenvalue weighted by molar-refractivity contribution is -0.384. The number of benzene rings is 2. The van der Waals surface area contributed by atoms with E-state index < -0.39 is 38.5 Å². The number of hydrogen-bond donors (Lipinski definition) is 1. The molecule has 2 aromatic rings. The van der Waals surface area contributed by atoms with Gasteiger partial charge in [0.15, 0.2) is 0 Å². The first kappa shape index (κ1) is 22.7. The summed E-state index contributed by atoms with van der Waals surface area (Å²) in [6.07, 6.45) is -4.86. The molecule has 0 aromatic heterocycles. The van der Waals surface area contributed by atoms with Crippen LogP contribution in [0.15, 0.2) is 47.4 Å². The van der Waals surface area contributed by atoms with E-state index in [1.807, 2.05) is 0 Å². The molecule has 0 spiro atoms. The predicted molar refractivity (Wildman–Crippen MR) is 95.9 cm³/mol. The lowest BCUT2D eigenvalue weighted by Crippen LogP contribution is -2.37. The number of nitrogens with two attached hydrogens (primary N) is 1. The molecule has 0 bridgehead atoms. The van der Waals surface area contributed by atoms with Crippen LogP contribution in [-0.4, -0.2) is 30.7 Å². The third-order valence-corrected chi connectivity index (χ3v) is 6.12. The van der Waals surface area contributed by atoms with Crippen molar-refractivity contribution < 1.29 is 30.9 Å². The van der Waals surface area contributed by atoms with Crippen LogP contribution in [0.25, 0.3) is 0 Å². The van der Waals surface area contributed by atoms with Crippen LogP contribution in [0.3, 0.4) is 0 Å². The molecular formula is C17H17F4N3O4S. The maximum absolute atomic E-state index is 13.8. The Balaban J connectivity index is 2.26. The Labute approximate surface area is 163 Å². The minimum atomic E-state index is -4.86. The average molecular weight is 435 g/mol. The summed E-state index contributed by atoms with van der Waals surface area (Å²) in [6.45, 7) is 1.15. The van der Waals surface area contributed by atoms with Crippen LogP contribution < -0.4 is 5.73 Å². The summed E-state index contributed by atoms with van der Waals surface area (Å²) in [5.74, 6) is -1.51. The Kier molecular flexibility index (Phi) is 6.60. The Morgan fingerprint density at radius 2 is 1.76 bits per heavy atom. The zero-order valence-electron chi connectivity index (χ0n) is 15.1. The first-order valence-corrected chi connectivity index (χ1v) is 9.68. The molecule has 0 fully saturated rings. The summed E-state index contributed by atoms with van der Waals surface area (Å²) in [7, 11) is -4.08. The molecule has 7 nitrogen and oxygen atoms in total. The van der Waals surface area contributed by atoms with Crippen LogP contribution in [0, 0.1) is 15.9 Å². The molecule has 0 aliphatic carbocycles. The van der Waals surface area contributed by atoms with Crippen LogP contribution in [0.2, 0.25) is 0 Å². The van der Waals surface area contributed by atoms with E-state index in [1.54, 1.807) is 0 Å². The summed E-state index contributed by atoms with van der Waals surface area (Å²) in [5, 5.41) is 10.7. The normalized spacial score (nSPS) is 13.5. The maximum atomic E-state index is 13.8. The molecule has 0 amide bonds. The zero-order chi connectivity index (χ0) is 22.0. The van der Waals surface area contributed by atoms with Gasteiger partial charge in [0.25, 0.3) is 5.69 Å². The molecule has 0 saturated carbocycles. The lowest BCUT2D eigenvalue weighted by Gasteiger charge is -2.24. The third kappa shape index (κ3) is 5.08. The van der Waals surface area contributed by atoms with Crippen molar-refractivity contribution in [3.05, 3.63) is 69.5 Å². The van der Waals surface area contributed by atoms with Gasteiger partial charge in [0.1, 0.15) is 5.82 Å². The monoisotopic (exact) mass is 435 g/mol. The van der Waals surface area contributed by atoms with E-state index in [0.29, 0.717) is 12.1 Å². The van der Waals surface area contributed by atoms with Crippen LogP contribution >= 0.6 is 0 Å². The van der Waals surface area contributed by atoms with Crippen molar-refractivity contribution >= 4 is 15.7 Å². The third-order valence-electron chi connectivity index (χ3n) is 4.17. The highest BCUT2D eigenvalue weighted by molar-refractivity contribution is 7.89. The second-order valence-electron chi connectivity index (χ2n) is 6.05. The van der Waals surface area contributed by atoms with Gasteiger partial charge in [0, 0.05) is 31.3 Å². The highest BCUT2D eigenvalue weighted by atomic mass is 32.2. The number of halogens is 4. The highest BCUT2D eigenvalue weighted by Gasteiger charge is 2.34. The summed E-state index contributed by atoms with van der Waals surface area (Å²) in [6, 6.07) is 5.27. The summed E-state index contributed by atoms with van der Waals surface area (Å²) in [4.78, 5) is 9.81. The van der Waals surface area contributed by atoms with Gasteiger partial charge in [0.05, 0.1) is 15.4 Å². The Hall–Kier alpha value is -2.57. The molecule has 12 heteroatoms. The molecule has 2 aromatic carbocycles. The fraction of sp³-hybridized carbons (Fsp3) is 0.294. The number of likely N-dealkylation sites (N-methyl/N-ethyl adjacent to an activating group) is 1. The first-order chi connectivity index (χ1) is 13.4. The number of non-ortho nitro benzene ring substituents is 1. The van der Waals surface area contributed by atoms with Crippen molar-refractivity contribution in [3.63, 3.8) is 0 Å². The Morgan fingerprint density at radius 3 is 2.21 bits per heavy atom. The van der Waals surface area contributed by atoms with E-state index in [9.17, 15) is 36.1 Å². The van der Waals surface area contributed by atoms with Crippen LogP contribution in [0.5, 0.6) is 0 Å². The van der Waals surface area contributed by atoms with Gasteiger partial charge in [-0.1, -0.05) is 13.0 Å². The zero-order valence-corrected chi connectivity index (χ0v) is 15.9. The van der Waals surface area contributed by atoms with Crippen molar-refractivity contribution in [3.8, 4) is 0 Å². The second-order valence-corrected chi connectivity index (χ2v) is 7.99. The summed E-state index contributed by atoms with van der Waals surface area (Å²) < 4.78 is 78.2. The summed E-state index contributed by atoms with van der Waals surface area (Å²) in [5.41, 5.74) is 4.16. The lowest BCUT2D eigenvalue weighted by atomic mass is 10.0. The van der Waals surface area contributed by atoms with E-state index in [0.717, 1.165) is 34.6 Å². The minimum absolute atomic E-state index is 0.00662. The van der Waals surface area contributed by atoms with Gasteiger partial charge in [-0.15, -0.1) is 0 Å². The van der Waals surface area contributed by atoms with Crippen LogP contribution in [-0.2, 0) is 16.2 Å². The number of nitrogens with zero attached hydrogens (tertiary/aromatic N) is 2. The van der Waals surface area contributed by atoms with E-state index in [4.69, 9.17) is 5.73 Å². The van der Waals surface area contributed by atoms with Gasteiger partial charge in [-0.3, -0.25) is 10.1 Å². The second kappa shape index (κ2) is 8.43. The van der Waals surface area contributed by atoms with Gasteiger partial charge < -0.3 is 5.73 Å². The molecule has 2 rings (SSSR count). The van der Waals surface area contributed by atoms with Crippen molar-refractivity contribution in [2.75, 3.05) is 13.1 Å². The van der Waals surface area contributed by atoms with E-state index in [2.05, 4.69) is 0 Å².